The van der Waals surface area contributed by atoms with Crippen molar-refractivity contribution in [3.63, 3.8) is 0 Å². The lowest BCUT2D eigenvalue weighted by Crippen LogP contribution is -2.39. The number of alkyl halides is 3. The zero-order valence-electron chi connectivity index (χ0n) is 13.4. The Morgan fingerprint density at radius 1 is 1.09 bits per heavy atom. The van der Waals surface area contributed by atoms with Gasteiger partial charge in [-0.2, -0.15) is 13.2 Å². The van der Waals surface area contributed by atoms with Crippen molar-refractivity contribution in [3.8, 4) is 0 Å². The molecule has 23 heavy (non-hydrogen) atoms. The number of hydrogen-bond acceptors (Lipinski definition) is 3. The van der Waals surface area contributed by atoms with Crippen molar-refractivity contribution in [3.05, 3.63) is 11.6 Å². The zero-order chi connectivity index (χ0) is 16.3. The summed E-state index contributed by atoms with van der Waals surface area (Å²) in [5.41, 5.74) is 0. The molecule has 0 spiro atoms. The molecule has 2 aliphatic rings. The van der Waals surface area contributed by atoms with Gasteiger partial charge in [-0.1, -0.05) is 12.8 Å². The average Bonchev–Trinajstić information content (AvgIpc) is 2.75. The monoisotopic (exact) mass is 330 g/mol. The Morgan fingerprint density at radius 2 is 1.96 bits per heavy atom. The Balaban J connectivity index is 1.49. The standard InChI is InChI=1S/C16H25F3N4/c17-16(18,19)12-5-4-6-13(11-12)20-9-8-15-22-21-14-7-2-1-3-10-23(14)15/h12-13,20H,1-11H2/t12-,13+/m1/s1. The van der Waals surface area contributed by atoms with E-state index in [4.69, 9.17) is 0 Å². The van der Waals surface area contributed by atoms with Gasteiger partial charge in [-0.25, -0.2) is 0 Å². The van der Waals surface area contributed by atoms with E-state index >= 15 is 0 Å². The maximum absolute atomic E-state index is 12.8. The predicted octanol–water partition coefficient (Wildman–Crippen LogP) is 3.26. The normalized spacial score (nSPS) is 25.9. The molecule has 1 fully saturated rings. The summed E-state index contributed by atoms with van der Waals surface area (Å²) in [4.78, 5) is 0. The Labute approximate surface area is 134 Å². The first kappa shape index (κ1) is 16.7. The number of aromatic nitrogens is 3. The van der Waals surface area contributed by atoms with Gasteiger partial charge in [-0.05, 0) is 32.1 Å². The summed E-state index contributed by atoms with van der Waals surface area (Å²) in [6, 6.07) is -0.0260. The highest BCUT2D eigenvalue weighted by Gasteiger charge is 2.41. The summed E-state index contributed by atoms with van der Waals surface area (Å²) < 4.78 is 40.7. The van der Waals surface area contributed by atoms with Crippen molar-refractivity contribution in [1.29, 1.82) is 0 Å². The summed E-state index contributed by atoms with van der Waals surface area (Å²) in [5, 5.41) is 11.8. The molecule has 1 aromatic heterocycles. The molecule has 1 aliphatic heterocycles. The molecule has 3 rings (SSSR count). The number of hydrogen-bond donors (Lipinski definition) is 1. The Hall–Kier alpha value is -1.11. The van der Waals surface area contributed by atoms with Crippen LogP contribution in [-0.4, -0.2) is 33.5 Å². The average molecular weight is 330 g/mol. The van der Waals surface area contributed by atoms with Crippen LogP contribution in [0.15, 0.2) is 0 Å². The van der Waals surface area contributed by atoms with Crippen molar-refractivity contribution in [2.24, 2.45) is 5.92 Å². The molecule has 2 heterocycles. The van der Waals surface area contributed by atoms with Gasteiger partial charge >= 0.3 is 6.18 Å². The van der Waals surface area contributed by atoms with Gasteiger partial charge < -0.3 is 9.88 Å². The van der Waals surface area contributed by atoms with Gasteiger partial charge in [0.2, 0.25) is 0 Å². The number of fused-ring (bicyclic) bond motifs is 1. The second-order valence-corrected chi connectivity index (χ2v) is 6.80. The molecule has 1 N–H and O–H groups in total. The van der Waals surface area contributed by atoms with Gasteiger partial charge in [0.05, 0.1) is 5.92 Å². The van der Waals surface area contributed by atoms with Crippen LogP contribution in [0.1, 0.15) is 56.6 Å². The third-order valence-corrected chi connectivity index (χ3v) is 5.10. The lowest BCUT2D eigenvalue weighted by molar-refractivity contribution is -0.183. The van der Waals surface area contributed by atoms with Crippen LogP contribution in [0.4, 0.5) is 13.2 Å². The first-order valence-corrected chi connectivity index (χ1v) is 8.75. The van der Waals surface area contributed by atoms with Crippen LogP contribution in [0.3, 0.4) is 0 Å². The first-order valence-electron chi connectivity index (χ1n) is 8.75. The highest BCUT2D eigenvalue weighted by Crippen LogP contribution is 2.37. The highest BCUT2D eigenvalue weighted by atomic mass is 19.4. The zero-order valence-corrected chi connectivity index (χ0v) is 13.4. The Bertz CT molecular complexity index is 512. The summed E-state index contributed by atoms with van der Waals surface area (Å²) in [5.74, 6) is 0.892. The second-order valence-electron chi connectivity index (χ2n) is 6.80. The summed E-state index contributed by atoms with van der Waals surface area (Å²) in [6.07, 6.45) is 3.19. The fourth-order valence-corrected chi connectivity index (χ4v) is 3.79. The van der Waals surface area contributed by atoms with Crippen molar-refractivity contribution in [2.75, 3.05) is 6.54 Å². The predicted molar refractivity (Wildman–Crippen MR) is 81.1 cm³/mol. The van der Waals surface area contributed by atoms with E-state index in [1.165, 1.54) is 6.42 Å². The SMILES string of the molecule is FC(F)(F)[C@@H]1CCC[C@H](NCCc2nnc3n2CCCCC3)C1. The molecule has 7 heteroatoms. The molecule has 1 aliphatic carbocycles. The van der Waals surface area contributed by atoms with Gasteiger partial charge in [0.25, 0.3) is 0 Å². The second kappa shape index (κ2) is 7.20. The summed E-state index contributed by atoms with van der Waals surface area (Å²) >= 11 is 0. The van der Waals surface area contributed by atoms with Gasteiger partial charge in [0.1, 0.15) is 11.6 Å². The van der Waals surface area contributed by atoms with Crippen molar-refractivity contribution in [1.82, 2.24) is 20.1 Å². The van der Waals surface area contributed by atoms with E-state index in [9.17, 15) is 13.2 Å². The number of nitrogens with one attached hydrogen (secondary N) is 1. The minimum absolute atomic E-state index is 0.0260. The van der Waals surface area contributed by atoms with Gasteiger partial charge in [0.15, 0.2) is 0 Å². The molecular weight excluding hydrogens is 305 g/mol. The molecule has 0 amide bonds. The fourth-order valence-electron chi connectivity index (χ4n) is 3.79. The van der Waals surface area contributed by atoms with E-state index in [1.807, 2.05) is 0 Å². The molecule has 0 bridgehead atoms. The minimum atomic E-state index is -4.05. The van der Waals surface area contributed by atoms with Crippen LogP contribution in [0.5, 0.6) is 0 Å². The molecule has 1 saturated carbocycles. The smallest absolute Gasteiger partial charge is 0.315 e. The molecule has 0 saturated heterocycles. The number of nitrogens with zero attached hydrogens (tertiary/aromatic N) is 3. The molecular formula is C16H25F3N4. The summed E-state index contributed by atoms with van der Waals surface area (Å²) in [6.45, 7) is 1.64. The van der Waals surface area contributed by atoms with Gasteiger partial charge in [-0.15, -0.1) is 10.2 Å². The Morgan fingerprint density at radius 3 is 2.78 bits per heavy atom. The van der Waals surface area contributed by atoms with Crippen molar-refractivity contribution >= 4 is 0 Å². The van der Waals surface area contributed by atoms with Crippen LogP contribution >= 0.6 is 0 Å². The largest absolute Gasteiger partial charge is 0.391 e. The molecule has 0 aromatic carbocycles. The lowest BCUT2D eigenvalue weighted by Gasteiger charge is -2.31. The van der Waals surface area contributed by atoms with E-state index in [1.54, 1.807) is 0 Å². The maximum Gasteiger partial charge on any atom is 0.391 e. The lowest BCUT2D eigenvalue weighted by atomic mass is 9.85. The molecule has 0 unspecified atom stereocenters. The molecule has 0 radical (unpaired) electrons. The van der Waals surface area contributed by atoms with E-state index in [-0.39, 0.29) is 18.9 Å². The molecule has 4 nitrogen and oxygen atoms in total. The van der Waals surface area contributed by atoms with Crippen molar-refractivity contribution in [2.45, 2.75) is 76.6 Å². The third-order valence-electron chi connectivity index (χ3n) is 5.10. The molecule has 2 atom stereocenters. The van der Waals surface area contributed by atoms with E-state index < -0.39 is 12.1 Å². The van der Waals surface area contributed by atoms with Crippen LogP contribution in [0, 0.1) is 5.92 Å². The van der Waals surface area contributed by atoms with Gasteiger partial charge in [-0.3, -0.25) is 0 Å². The topological polar surface area (TPSA) is 42.7 Å². The minimum Gasteiger partial charge on any atom is -0.315 e. The van der Waals surface area contributed by atoms with Crippen molar-refractivity contribution < 1.29 is 13.2 Å². The van der Waals surface area contributed by atoms with E-state index in [0.717, 1.165) is 50.3 Å². The van der Waals surface area contributed by atoms with E-state index in [2.05, 4.69) is 20.1 Å². The number of aryl methyl sites for hydroxylation is 1. The summed E-state index contributed by atoms with van der Waals surface area (Å²) in [7, 11) is 0. The number of halogens is 3. The van der Waals surface area contributed by atoms with Crippen LogP contribution in [0.2, 0.25) is 0 Å². The van der Waals surface area contributed by atoms with Crippen LogP contribution in [-0.2, 0) is 19.4 Å². The fraction of sp³-hybridized carbons (Fsp3) is 0.875. The first-order chi connectivity index (χ1) is 11.0. The Kier molecular flexibility index (Phi) is 5.24. The third kappa shape index (κ3) is 4.25. The maximum atomic E-state index is 12.8. The molecule has 1 aromatic rings. The highest BCUT2D eigenvalue weighted by molar-refractivity contribution is 4.98. The van der Waals surface area contributed by atoms with Crippen LogP contribution in [0.25, 0.3) is 0 Å². The number of rotatable bonds is 4. The van der Waals surface area contributed by atoms with E-state index in [0.29, 0.717) is 13.0 Å². The van der Waals surface area contributed by atoms with Crippen LogP contribution < -0.4 is 5.32 Å². The van der Waals surface area contributed by atoms with Gasteiger partial charge in [0, 0.05) is 32.0 Å². The quantitative estimate of drug-likeness (QED) is 0.921. The molecule has 130 valence electrons.